The molecular weight excluding hydrogens is 368 g/mol. The van der Waals surface area contributed by atoms with Crippen LogP contribution in [0, 0.1) is 6.92 Å². The number of pyridine rings is 1. The summed E-state index contributed by atoms with van der Waals surface area (Å²) in [7, 11) is 0. The fourth-order valence-corrected chi connectivity index (χ4v) is 3.90. The Labute approximate surface area is 159 Å². The fraction of sp³-hybridized carbons (Fsp3) is 0.105. The Hall–Kier alpha value is -2.70. The summed E-state index contributed by atoms with van der Waals surface area (Å²) < 4.78 is 1.85. The summed E-state index contributed by atoms with van der Waals surface area (Å²) in [6, 6.07) is 15.0. The number of thiophene rings is 1. The number of nitrogens with zero attached hydrogens (tertiary/aromatic N) is 3. The highest BCUT2D eigenvalue weighted by atomic mass is 35.5. The SMILES string of the molecule is Cc1nn(-c2ccc(Cl)cc2)c2sc(C(=O)NCc3ccccn3)cc12. The molecule has 0 bridgehead atoms. The van der Waals surface area contributed by atoms with Gasteiger partial charge in [0.2, 0.25) is 0 Å². The van der Waals surface area contributed by atoms with Crippen molar-refractivity contribution in [1.29, 1.82) is 0 Å². The van der Waals surface area contributed by atoms with E-state index >= 15 is 0 Å². The van der Waals surface area contributed by atoms with E-state index in [2.05, 4.69) is 15.4 Å². The normalized spacial score (nSPS) is 11.0. The third-order valence-electron chi connectivity index (χ3n) is 4.00. The predicted octanol–water partition coefficient (Wildman–Crippen LogP) is 4.37. The minimum absolute atomic E-state index is 0.112. The first-order valence-electron chi connectivity index (χ1n) is 8.05. The number of rotatable bonds is 4. The van der Waals surface area contributed by atoms with E-state index in [1.165, 1.54) is 11.3 Å². The van der Waals surface area contributed by atoms with Crippen LogP contribution in [0.25, 0.3) is 15.9 Å². The van der Waals surface area contributed by atoms with Crippen LogP contribution in [0.15, 0.2) is 54.7 Å². The summed E-state index contributed by atoms with van der Waals surface area (Å²) in [5.74, 6) is -0.112. The lowest BCUT2D eigenvalue weighted by molar-refractivity contribution is 0.0954. The molecule has 0 radical (unpaired) electrons. The second kappa shape index (κ2) is 6.90. The van der Waals surface area contributed by atoms with Gasteiger partial charge in [-0.05, 0) is 49.4 Å². The zero-order valence-corrected chi connectivity index (χ0v) is 15.5. The third-order valence-corrected chi connectivity index (χ3v) is 5.36. The molecule has 7 heteroatoms. The van der Waals surface area contributed by atoms with Crippen molar-refractivity contribution < 1.29 is 4.79 Å². The number of carbonyl (C=O) groups is 1. The van der Waals surface area contributed by atoms with Crippen LogP contribution in [0.5, 0.6) is 0 Å². The van der Waals surface area contributed by atoms with E-state index < -0.39 is 0 Å². The molecule has 0 aliphatic rings. The first kappa shape index (κ1) is 16.8. The Balaban J connectivity index is 1.62. The topological polar surface area (TPSA) is 59.8 Å². The first-order valence-corrected chi connectivity index (χ1v) is 9.24. The van der Waals surface area contributed by atoms with Gasteiger partial charge in [0.05, 0.1) is 28.5 Å². The van der Waals surface area contributed by atoms with E-state index in [-0.39, 0.29) is 5.91 Å². The highest BCUT2D eigenvalue weighted by Gasteiger charge is 2.17. The first-order chi connectivity index (χ1) is 12.6. The molecule has 1 N–H and O–H groups in total. The van der Waals surface area contributed by atoms with Crippen molar-refractivity contribution in [2.24, 2.45) is 0 Å². The van der Waals surface area contributed by atoms with Crippen LogP contribution in [0.2, 0.25) is 5.02 Å². The molecule has 4 rings (SSSR count). The molecule has 0 saturated carbocycles. The lowest BCUT2D eigenvalue weighted by Crippen LogP contribution is -2.22. The molecule has 0 aliphatic carbocycles. The molecule has 4 aromatic rings. The Morgan fingerprint density at radius 1 is 1.23 bits per heavy atom. The van der Waals surface area contributed by atoms with Gasteiger partial charge in [0.15, 0.2) is 0 Å². The van der Waals surface area contributed by atoms with E-state index in [0.717, 1.165) is 27.3 Å². The zero-order valence-electron chi connectivity index (χ0n) is 13.9. The summed E-state index contributed by atoms with van der Waals surface area (Å²) in [6.07, 6.45) is 1.71. The monoisotopic (exact) mass is 382 g/mol. The van der Waals surface area contributed by atoms with Gasteiger partial charge in [-0.1, -0.05) is 17.7 Å². The average molecular weight is 383 g/mol. The van der Waals surface area contributed by atoms with Gasteiger partial charge in [0.25, 0.3) is 5.91 Å². The summed E-state index contributed by atoms with van der Waals surface area (Å²) in [5, 5.41) is 9.16. The molecule has 5 nitrogen and oxygen atoms in total. The zero-order chi connectivity index (χ0) is 18.1. The third kappa shape index (κ3) is 3.21. The second-order valence-corrected chi connectivity index (χ2v) is 7.27. The maximum atomic E-state index is 12.5. The standard InChI is InChI=1S/C19H15ClN4OS/c1-12-16-10-17(18(25)22-11-14-4-2-3-9-21-14)26-19(16)24(23-12)15-7-5-13(20)6-8-15/h2-10H,11H2,1H3,(H,22,25). The summed E-state index contributed by atoms with van der Waals surface area (Å²) >= 11 is 7.39. The molecule has 3 heterocycles. The number of halogens is 1. The van der Waals surface area contributed by atoms with Crippen LogP contribution < -0.4 is 5.32 Å². The molecule has 0 fully saturated rings. The summed E-state index contributed by atoms with van der Waals surface area (Å²) in [6.45, 7) is 2.34. The molecule has 0 saturated heterocycles. The van der Waals surface area contributed by atoms with E-state index in [1.54, 1.807) is 6.20 Å². The van der Waals surface area contributed by atoms with Gasteiger partial charge in [-0.25, -0.2) is 4.68 Å². The van der Waals surface area contributed by atoms with Gasteiger partial charge >= 0.3 is 0 Å². The van der Waals surface area contributed by atoms with Crippen molar-refractivity contribution >= 4 is 39.1 Å². The van der Waals surface area contributed by atoms with Gasteiger partial charge < -0.3 is 5.32 Å². The highest BCUT2D eigenvalue weighted by Crippen LogP contribution is 2.30. The number of aromatic nitrogens is 3. The van der Waals surface area contributed by atoms with Crippen LogP contribution in [-0.2, 0) is 6.54 Å². The number of benzene rings is 1. The van der Waals surface area contributed by atoms with Crippen molar-refractivity contribution in [3.05, 3.63) is 76.0 Å². The molecule has 0 aliphatic heterocycles. The molecule has 1 amide bonds. The van der Waals surface area contributed by atoms with Crippen molar-refractivity contribution in [2.45, 2.75) is 13.5 Å². The van der Waals surface area contributed by atoms with E-state index in [4.69, 9.17) is 11.6 Å². The predicted molar refractivity (Wildman–Crippen MR) is 104 cm³/mol. The maximum absolute atomic E-state index is 12.5. The van der Waals surface area contributed by atoms with Crippen LogP contribution in [0.3, 0.4) is 0 Å². The molecule has 26 heavy (non-hydrogen) atoms. The molecule has 0 atom stereocenters. The lowest BCUT2D eigenvalue weighted by Gasteiger charge is -2.03. The molecule has 3 aromatic heterocycles. The van der Waals surface area contributed by atoms with Gasteiger partial charge in [-0.2, -0.15) is 5.10 Å². The molecule has 0 spiro atoms. The Kier molecular flexibility index (Phi) is 4.44. The van der Waals surface area contributed by atoms with E-state index in [9.17, 15) is 4.79 Å². The Morgan fingerprint density at radius 3 is 2.77 bits per heavy atom. The quantitative estimate of drug-likeness (QED) is 0.570. The summed E-state index contributed by atoms with van der Waals surface area (Å²) in [5.41, 5.74) is 2.62. The number of fused-ring (bicyclic) bond motifs is 1. The van der Waals surface area contributed by atoms with Crippen LogP contribution >= 0.6 is 22.9 Å². The highest BCUT2D eigenvalue weighted by molar-refractivity contribution is 7.20. The van der Waals surface area contributed by atoms with E-state index in [0.29, 0.717) is 16.4 Å². The average Bonchev–Trinajstić information content (AvgIpc) is 3.22. The molecular formula is C19H15ClN4OS. The van der Waals surface area contributed by atoms with Gasteiger partial charge in [0.1, 0.15) is 4.83 Å². The molecule has 0 unspecified atom stereocenters. The second-order valence-electron chi connectivity index (χ2n) is 5.81. The van der Waals surface area contributed by atoms with Gasteiger partial charge in [-0.3, -0.25) is 9.78 Å². The van der Waals surface area contributed by atoms with Crippen molar-refractivity contribution in [1.82, 2.24) is 20.1 Å². The number of nitrogens with one attached hydrogen (secondary N) is 1. The largest absolute Gasteiger partial charge is 0.346 e. The van der Waals surface area contributed by atoms with Gasteiger partial charge in [0, 0.05) is 16.6 Å². The Bertz CT molecular complexity index is 1070. The number of aryl methyl sites for hydroxylation is 1. The van der Waals surface area contributed by atoms with Crippen molar-refractivity contribution in [3.63, 3.8) is 0 Å². The molecule has 130 valence electrons. The smallest absolute Gasteiger partial charge is 0.261 e. The van der Waals surface area contributed by atoms with Gasteiger partial charge in [-0.15, -0.1) is 11.3 Å². The summed E-state index contributed by atoms with van der Waals surface area (Å²) in [4.78, 5) is 18.3. The fourth-order valence-electron chi connectivity index (χ4n) is 2.68. The lowest BCUT2D eigenvalue weighted by atomic mass is 10.3. The Morgan fingerprint density at radius 2 is 2.04 bits per heavy atom. The number of amides is 1. The van der Waals surface area contributed by atoms with Crippen molar-refractivity contribution in [3.8, 4) is 5.69 Å². The minimum atomic E-state index is -0.112. The number of carbonyl (C=O) groups excluding carboxylic acids is 1. The van der Waals surface area contributed by atoms with Crippen LogP contribution in [0.4, 0.5) is 0 Å². The van der Waals surface area contributed by atoms with Crippen LogP contribution in [-0.4, -0.2) is 20.7 Å². The van der Waals surface area contributed by atoms with E-state index in [1.807, 2.05) is 60.1 Å². The van der Waals surface area contributed by atoms with Crippen LogP contribution in [0.1, 0.15) is 21.1 Å². The van der Waals surface area contributed by atoms with Crippen molar-refractivity contribution in [2.75, 3.05) is 0 Å². The number of hydrogen-bond donors (Lipinski definition) is 1. The maximum Gasteiger partial charge on any atom is 0.261 e. The minimum Gasteiger partial charge on any atom is -0.346 e. The molecule has 1 aromatic carbocycles. The number of hydrogen-bond acceptors (Lipinski definition) is 4.